The molecule has 154 valence electrons. The van der Waals surface area contributed by atoms with Crippen LogP contribution in [0, 0.1) is 0 Å². The van der Waals surface area contributed by atoms with Crippen LogP contribution in [0.3, 0.4) is 0 Å². The van der Waals surface area contributed by atoms with E-state index in [0.717, 1.165) is 46.6 Å². The second-order valence-electron chi connectivity index (χ2n) is 6.99. The van der Waals surface area contributed by atoms with Crippen LogP contribution in [-0.4, -0.2) is 54.6 Å². The van der Waals surface area contributed by atoms with Crippen LogP contribution in [0.1, 0.15) is 28.8 Å². The van der Waals surface area contributed by atoms with Gasteiger partial charge in [-0.2, -0.15) is 0 Å². The van der Waals surface area contributed by atoms with Crippen molar-refractivity contribution in [2.24, 2.45) is 0 Å². The molecule has 0 N–H and O–H groups in total. The summed E-state index contributed by atoms with van der Waals surface area (Å²) >= 11 is 4.91. The Labute approximate surface area is 184 Å². The summed E-state index contributed by atoms with van der Waals surface area (Å²) in [5, 5.41) is 0. The van der Waals surface area contributed by atoms with Gasteiger partial charge in [-0.25, -0.2) is 0 Å². The molecule has 0 aliphatic carbocycles. The van der Waals surface area contributed by atoms with Crippen LogP contribution in [0.2, 0.25) is 0 Å². The first-order valence-corrected chi connectivity index (χ1v) is 11.3. The van der Waals surface area contributed by atoms with Crippen molar-refractivity contribution in [3.05, 3.63) is 58.1 Å². The smallest absolute Gasteiger partial charge is 0.255 e. The van der Waals surface area contributed by atoms with Gasteiger partial charge in [0.1, 0.15) is 5.75 Å². The number of carbonyl (C=O) groups excluding carboxylic acids is 2. The van der Waals surface area contributed by atoms with Gasteiger partial charge < -0.3 is 14.5 Å². The highest BCUT2D eigenvalue weighted by Crippen LogP contribution is 2.27. The average molecular weight is 477 g/mol. The van der Waals surface area contributed by atoms with Crippen molar-refractivity contribution in [1.29, 1.82) is 0 Å². The fourth-order valence-electron chi connectivity index (χ4n) is 3.37. The number of likely N-dealkylation sites (tertiary alicyclic amines) is 1. The molecule has 7 heteroatoms. The number of amides is 2. The lowest BCUT2D eigenvalue weighted by Crippen LogP contribution is -2.29. The summed E-state index contributed by atoms with van der Waals surface area (Å²) in [5.41, 5.74) is 1.54. The third kappa shape index (κ3) is 5.54. The molecule has 29 heavy (non-hydrogen) atoms. The molecule has 0 aromatic heterocycles. The third-order valence-corrected chi connectivity index (χ3v) is 6.48. The van der Waals surface area contributed by atoms with E-state index >= 15 is 0 Å². The number of methoxy groups -OCH3 is 1. The van der Waals surface area contributed by atoms with Gasteiger partial charge in [0, 0.05) is 41.6 Å². The molecule has 0 saturated carbocycles. The van der Waals surface area contributed by atoms with E-state index in [2.05, 4.69) is 15.9 Å². The minimum absolute atomic E-state index is 0.0799. The molecule has 1 saturated heterocycles. The minimum atomic E-state index is -0.0799. The van der Waals surface area contributed by atoms with E-state index in [0.29, 0.717) is 17.9 Å². The number of benzene rings is 2. The second-order valence-corrected chi connectivity index (χ2v) is 8.92. The summed E-state index contributed by atoms with van der Waals surface area (Å²) in [6.45, 7) is 2.11. The molecular formula is C22H25BrN2O3S. The molecule has 1 fully saturated rings. The van der Waals surface area contributed by atoms with Crippen molar-refractivity contribution < 1.29 is 14.3 Å². The minimum Gasteiger partial charge on any atom is -0.496 e. The van der Waals surface area contributed by atoms with Crippen molar-refractivity contribution in [3.63, 3.8) is 0 Å². The first kappa shape index (κ1) is 21.7. The van der Waals surface area contributed by atoms with Crippen LogP contribution in [0.15, 0.2) is 51.8 Å². The molecule has 0 unspecified atom stereocenters. The summed E-state index contributed by atoms with van der Waals surface area (Å²) in [7, 11) is 3.40. The van der Waals surface area contributed by atoms with Crippen LogP contribution in [0.4, 0.5) is 0 Å². The average Bonchev–Trinajstić information content (AvgIpc) is 3.27. The van der Waals surface area contributed by atoms with E-state index < -0.39 is 0 Å². The number of hydrogen-bond acceptors (Lipinski definition) is 4. The van der Waals surface area contributed by atoms with E-state index in [4.69, 9.17) is 4.74 Å². The van der Waals surface area contributed by atoms with Crippen LogP contribution in [-0.2, 0) is 11.3 Å². The molecule has 2 amide bonds. The van der Waals surface area contributed by atoms with Crippen LogP contribution >= 0.6 is 27.7 Å². The van der Waals surface area contributed by atoms with Crippen molar-refractivity contribution in [2.75, 3.05) is 33.0 Å². The Balaban J connectivity index is 1.70. The highest BCUT2D eigenvalue weighted by molar-refractivity contribution is 9.10. The Morgan fingerprint density at radius 1 is 1.17 bits per heavy atom. The zero-order valence-electron chi connectivity index (χ0n) is 16.7. The van der Waals surface area contributed by atoms with Gasteiger partial charge in [0.25, 0.3) is 5.91 Å². The molecule has 3 rings (SSSR count). The number of nitrogens with zero attached hydrogens (tertiary/aromatic N) is 2. The predicted octanol–water partition coefficient (Wildman–Crippen LogP) is 4.44. The Kier molecular flexibility index (Phi) is 7.61. The number of rotatable bonds is 7. The maximum Gasteiger partial charge on any atom is 0.255 e. The van der Waals surface area contributed by atoms with Gasteiger partial charge in [0.2, 0.25) is 5.91 Å². The van der Waals surface area contributed by atoms with Gasteiger partial charge in [-0.1, -0.05) is 28.1 Å². The summed E-state index contributed by atoms with van der Waals surface area (Å²) in [6.07, 6.45) is 2.16. The highest BCUT2D eigenvalue weighted by atomic mass is 79.9. The molecule has 0 spiro atoms. The van der Waals surface area contributed by atoms with Crippen molar-refractivity contribution in [1.82, 2.24) is 9.80 Å². The summed E-state index contributed by atoms with van der Waals surface area (Å²) in [6, 6.07) is 13.2. The van der Waals surface area contributed by atoms with Crippen LogP contribution < -0.4 is 4.74 Å². The van der Waals surface area contributed by atoms with Gasteiger partial charge in [-0.3, -0.25) is 9.59 Å². The van der Waals surface area contributed by atoms with Gasteiger partial charge >= 0.3 is 0 Å². The molecule has 2 aromatic rings. The molecule has 1 heterocycles. The monoisotopic (exact) mass is 476 g/mol. The lowest BCUT2D eigenvalue weighted by molar-refractivity contribution is -0.127. The molecule has 0 radical (unpaired) electrons. The van der Waals surface area contributed by atoms with Crippen LogP contribution in [0.25, 0.3) is 0 Å². The number of carbonyl (C=O) groups is 2. The first-order valence-electron chi connectivity index (χ1n) is 9.57. The van der Waals surface area contributed by atoms with Gasteiger partial charge in [0.15, 0.2) is 0 Å². The Morgan fingerprint density at radius 2 is 1.90 bits per heavy atom. The van der Waals surface area contributed by atoms with Crippen molar-refractivity contribution >= 4 is 39.5 Å². The zero-order chi connectivity index (χ0) is 20.8. The van der Waals surface area contributed by atoms with E-state index in [1.54, 1.807) is 19.1 Å². The second kappa shape index (κ2) is 10.2. The number of ether oxygens (including phenoxy) is 1. The largest absolute Gasteiger partial charge is 0.496 e. The van der Waals surface area contributed by atoms with Gasteiger partial charge in [-0.05, 0) is 43.2 Å². The van der Waals surface area contributed by atoms with Gasteiger partial charge in [0.05, 0.1) is 18.4 Å². The third-order valence-electron chi connectivity index (χ3n) is 4.92. The lowest BCUT2D eigenvalue weighted by atomic mass is 10.1. The fraction of sp³-hybridized carbons (Fsp3) is 0.364. The molecular weight excluding hydrogens is 452 g/mol. The fourth-order valence-corrected chi connectivity index (χ4v) is 4.73. The number of halogens is 1. The lowest BCUT2D eigenvalue weighted by Gasteiger charge is -2.21. The zero-order valence-corrected chi connectivity index (χ0v) is 19.1. The Morgan fingerprint density at radius 3 is 2.62 bits per heavy atom. The van der Waals surface area contributed by atoms with E-state index in [9.17, 15) is 9.59 Å². The standard InChI is InChI=1S/C22H25BrN2O3S/c1-24(14-16-13-17(23)9-10-19(16)28-2)22(27)18-7-3-4-8-20(18)29-15-21(26)25-11-5-6-12-25/h3-4,7-10,13H,5-6,11-12,14-15H2,1-2H3. The molecule has 0 atom stereocenters. The number of thioether (sulfide) groups is 1. The van der Waals surface area contributed by atoms with E-state index in [-0.39, 0.29) is 11.8 Å². The van der Waals surface area contributed by atoms with E-state index in [1.807, 2.05) is 47.4 Å². The predicted molar refractivity (Wildman–Crippen MR) is 119 cm³/mol. The first-order chi connectivity index (χ1) is 14.0. The van der Waals surface area contributed by atoms with E-state index in [1.165, 1.54) is 11.8 Å². The normalized spacial score (nSPS) is 13.4. The molecule has 1 aliphatic heterocycles. The molecule has 0 bridgehead atoms. The topological polar surface area (TPSA) is 49.9 Å². The SMILES string of the molecule is COc1ccc(Br)cc1CN(C)C(=O)c1ccccc1SCC(=O)N1CCCC1. The molecule has 1 aliphatic rings. The molecule has 2 aromatic carbocycles. The summed E-state index contributed by atoms with van der Waals surface area (Å²) in [4.78, 5) is 29.9. The van der Waals surface area contributed by atoms with Gasteiger partial charge in [-0.15, -0.1) is 11.8 Å². The number of hydrogen-bond donors (Lipinski definition) is 0. The quantitative estimate of drug-likeness (QED) is 0.554. The van der Waals surface area contributed by atoms with Crippen molar-refractivity contribution in [2.45, 2.75) is 24.3 Å². The summed E-state index contributed by atoms with van der Waals surface area (Å²) in [5.74, 6) is 1.16. The highest BCUT2D eigenvalue weighted by Gasteiger charge is 2.21. The maximum absolute atomic E-state index is 13.1. The molecule has 5 nitrogen and oxygen atoms in total. The Hall–Kier alpha value is -1.99. The van der Waals surface area contributed by atoms with Crippen LogP contribution in [0.5, 0.6) is 5.75 Å². The van der Waals surface area contributed by atoms with Crippen molar-refractivity contribution in [3.8, 4) is 5.75 Å². The Bertz CT molecular complexity index is 884. The maximum atomic E-state index is 13.1. The summed E-state index contributed by atoms with van der Waals surface area (Å²) < 4.78 is 6.35.